The topological polar surface area (TPSA) is 88.2 Å². The Bertz CT molecular complexity index is 668. The summed E-state index contributed by atoms with van der Waals surface area (Å²) in [5, 5.41) is 14.9. The lowest BCUT2D eigenvalue weighted by Crippen LogP contribution is -2.12. The summed E-state index contributed by atoms with van der Waals surface area (Å²) in [4.78, 5) is 15.9. The Morgan fingerprint density at radius 3 is 3.05 bits per heavy atom. The van der Waals surface area contributed by atoms with Gasteiger partial charge >= 0.3 is 0 Å². The summed E-state index contributed by atoms with van der Waals surface area (Å²) in [7, 11) is 0. The number of nitrogens with one attached hydrogen (secondary N) is 1. The molecular formula is C14H13N3O3. The molecule has 0 saturated heterocycles. The van der Waals surface area contributed by atoms with Crippen molar-refractivity contribution in [3.63, 3.8) is 0 Å². The van der Waals surface area contributed by atoms with Crippen LogP contribution in [-0.2, 0) is 0 Å². The van der Waals surface area contributed by atoms with Gasteiger partial charge in [-0.2, -0.15) is 0 Å². The Balaban J connectivity index is 2.08. The first-order chi connectivity index (χ1) is 9.69. The van der Waals surface area contributed by atoms with Gasteiger partial charge < -0.3 is 14.9 Å². The monoisotopic (exact) mass is 271 g/mol. The summed E-state index contributed by atoms with van der Waals surface area (Å²) < 4.78 is 4.86. The number of hydrogen-bond acceptors (Lipinski definition) is 5. The summed E-state index contributed by atoms with van der Waals surface area (Å²) in [6.07, 6.45) is 1.95. The molecule has 0 atom stereocenters. The molecule has 0 fully saturated rings. The quantitative estimate of drug-likeness (QED) is 0.823. The molecule has 0 saturated carbocycles. The number of amides is 1. The second-order valence-corrected chi connectivity index (χ2v) is 3.99. The highest BCUT2D eigenvalue weighted by Gasteiger charge is 2.12. The van der Waals surface area contributed by atoms with Crippen LogP contribution in [0.1, 0.15) is 28.2 Å². The number of aryl methyl sites for hydroxylation is 1. The molecule has 2 rings (SSSR count). The van der Waals surface area contributed by atoms with E-state index in [1.54, 1.807) is 31.3 Å². The molecule has 2 aromatic rings. The minimum absolute atomic E-state index is 0.0204. The predicted molar refractivity (Wildman–Crippen MR) is 72.0 cm³/mol. The highest BCUT2D eigenvalue weighted by atomic mass is 16.5. The van der Waals surface area contributed by atoms with Crippen LogP contribution in [-0.4, -0.2) is 27.8 Å². The summed E-state index contributed by atoms with van der Waals surface area (Å²) >= 11 is 0. The molecule has 1 amide bonds. The second kappa shape index (κ2) is 6.50. The Morgan fingerprint density at radius 2 is 2.35 bits per heavy atom. The van der Waals surface area contributed by atoms with Gasteiger partial charge in [0.25, 0.3) is 5.91 Å². The maximum Gasteiger partial charge on any atom is 0.295 e. The maximum absolute atomic E-state index is 11.8. The zero-order valence-corrected chi connectivity index (χ0v) is 10.9. The van der Waals surface area contributed by atoms with Crippen molar-refractivity contribution in [2.75, 3.05) is 11.9 Å². The van der Waals surface area contributed by atoms with Crippen LogP contribution in [0.15, 0.2) is 28.9 Å². The Morgan fingerprint density at radius 1 is 1.50 bits per heavy atom. The fourth-order valence-corrected chi connectivity index (χ4v) is 1.45. The lowest BCUT2D eigenvalue weighted by atomic mass is 10.2. The highest BCUT2D eigenvalue weighted by molar-refractivity contribution is 6.01. The number of carbonyl (C=O) groups excluding carboxylic acids is 1. The van der Waals surface area contributed by atoms with Crippen LogP contribution < -0.4 is 5.32 Å². The van der Waals surface area contributed by atoms with Crippen molar-refractivity contribution in [1.82, 2.24) is 10.1 Å². The van der Waals surface area contributed by atoms with Crippen molar-refractivity contribution in [3.05, 3.63) is 41.4 Å². The third-order valence-corrected chi connectivity index (χ3v) is 2.32. The molecule has 6 heteroatoms. The minimum atomic E-state index is -0.418. The van der Waals surface area contributed by atoms with Crippen molar-refractivity contribution in [1.29, 1.82) is 0 Å². The summed E-state index contributed by atoms with van der Waals surface area (Å²) in [6, 6.07) is 4.91. The van der Waals surface area contributed by atoms with Gasteiger partial charge in [0, 0.05) is 24.2 Å². The number of anilines is 1. The van der Waals surface area contributed by atoms with E-state index in [0.717, 1.165) is 0 Å². The van der Waals surface area contributed by atoms with Crippen LogP contribution in [0.5, 0.6) is 0 Å². The fourth-order valence-electron chi connectivity index (χ4n) is 1.45. The molecule has 102 valence electrons. The van der Waals surface area contributed by atoms with E-state index in [4.69, 9.17) is 9.63 Å². The Labute approximate surface area is 115 Å². The average Bonchev–Trinajstić information content (AvgIpc) is 2.86. The molecule has 0 unspecified atom stereocenters. The van der Waals surface area contributed by atoms with Crippen molar-refractivity contribution in [2.45, 2.75) is 13.3 Å². The van der Waals surface area contributed by atoms with Crippen molar-refractivity contribution in [3.8, 4) is 11.8 Å². The van der Waals surface area contributed by atoms with Gasteiger partial charge in [-0.05, 0) is 19.1 Å². The molecule has 0 aliphatic carbocycles. The number of hydrogen-bond donors (Lipinski definition) is 2. The number of nitrogens with zero attached hydrogens (tertiary/aromatic N) is 2. The lowest BCUT2D eigenvalue weighted by Gasteiger charge is -2.01. The molecule has 0 aliphatic rings. The van der Waals surface area contributed by atoms with Gasteiger partial charge in [0.2, 0.25) is 5.76 Å². The molecule has 6 nitrogen and oxygen atoms in total. The number of carbonyl (C=O) groups is 1. The van der Waals surface area contributed by atoms with E-state index in [2.05, 4.69) is 27.3 Å². The van der Waals surface area contributed by atoms with Crippen LogP contribution >= 0.6 is 0 Å². The maximum atomic E-state index is 11.8. The molecule has 2 N–H and O–H groups in total. The van der Waals surface area contributed by atoms with E-state index in [1.807, 2.05) is 0 Å². The largest absolute Gasteiger partial charge is 0.395 e. The predicted octanol–water partition coefficient (Wildman–Crippen LogP) is 1.36. The van der Waals surface area contributed by atoms with E-state index in [9.17, 15) is 4.79 Å². The van der Waals surface area contributed by atoms with Gasteiger partial charge in [-0.1, -0.05) is 17.0 Å². The smallest absolute Gasteiger partial charge is 0.295 e. The van der Waals surface area contributed by atoms with Crippen molar-refractivity contribution >= 4 is 11.7 Å². The van der Waals surface area contributed by atoms with Gasteiger partial charge in [-0.15, -0.1) is 0 Å². The standard InChI is InChI=1S/C14H13N3O3/c1-10-8-12(20-17-10)14(19)16-13-9-11(5-6-15-13)4-2-3-7-18/h5-6,8-9,18H,3,7H2,1H3,(H,15,16,19). The minimum Gasteiger partial charge on any atom is -0.395 e. The Kier molecular flexibility index (Phi) is 4.47. The summed E-state index contributed by atoms with van der Waals surface area (Å²) in [6.45, 7) is 1.75. The fraction of sp³-hybridized carbons (Fsp3) is 0.214. The molecule has 0 spiro atoms. The van der Waals surface area contributed by atoms with Gasteiger partial charge in [0.15, 0.2) is 0 Å². The molecule has 2 heterocycles. The number of aliphatic hydroxyl groups is 1. The van der Waals surface area contributed by atoms with Crippen LogP contribution in [0.25, 0.3) is 0 Å². The van der Waals surface area contributed by atoms with Crippen LogP contribution in [0, 0.1) is 18.8 Å². The third kappa shape index (κ3) is 3.67. The van der Waals surface area contributed by atoms with Gasteiger partial charge in [0.1, 0.15) is 5.82 Å². The lowest BCUT2D eigenvalue weighted by molar-refractivity contribution is 0.0987. The Hall–Kier alpha value is -2.65. The van der Waals surface area contributed by atoms with E-state index in [0.29, 0.717) is 23.5 Å². The molecule has 0 aliphatic heterocycles. The zero-order chi connectivity index (χ0) is 14.4. The zero-order valence-electron chi connectivity index (χ0n) is 10.9. The van der Waals surface area contributed by atoms with Crippen LogP contribution in [0.2, 0.25) is 0 Å². The van der Waals surface area contributed by atoms with Crippen LogP contribution in [0.4, 0.5) is 5.82 Å². The molecule has 0 aromatic carbocycles. The summed E-state index contributed by atoms with van der Waals surface area (Å²) in [5.74, 6) is 5.75. The molecule has 2 aromatic heterocycles. The van der Waals surface area contributed by atoms with E-state index in [-0.39, 0.29) is 12.4 Å². The van der Waals surface area contributed by atoms with Crippen LogP contribution in [0.3, 0.4) is 0 Å². The number of rotatable bonds is 3. The summed E-state index contributed by atoms with van der Waals surface area (Å²) in [5.41, 5.74) is 1.34. The third-order valence-electron chi connectivity index (χ3n) is 2.32. The SMILES string of the molecule is Cc1cc(C(=O)Nc2cc(C#CCCO)ccn2)on1. The van der Waals surface area contributed by atoms with E-state index >= 15 is 0 Å². The molecule has 0 bridgehead atoms. The number of aliphatic hydroxyl groups excluding tert-OH is 1. The first-order valence-corrected chi connectivity index (χ1v) is 5.99. The second-order valence-electron chi connectivity index (χ2n) is 3.99. The normalized spacial score (nSPS) is 9.70. The van der Waals surface area contributed by atoms with Crippen molar-refractivity contribution in [2.24, 2.45) is 0 Å². The number of aromatic nitrogens is 2. The average molecular weight is 271 g/mol. The first-order valence-electron chi connectivity index (χ1n) is 5.99. The first kappa shape index (κ1) is 13.8. The van der Waals surface area contributed by atoms with Gasteiger partial charge in [0.05, 0.1) is 12.3 Å². The number of pyridine rings is 1. The van der Waals surface area contributed by atoms with Crippen molar-refractivity contribution < 1.29 is 14.4 Å². The highest BCUT2D eigenvalue weighted by Crippen LogP contribution is 2.09. The molecule has 20 heavy (non-hydrogen) atoms. The molecule has 0 radical (unpaired) electrons. The van der Waals surface area contributed by atoms with E-state index < -0.39 is 5.91 Å². The van der Waals surface area contributed by atoms with E-state index in [1.165, 1.54) is 0 Å². The van der Waals surface area contributed by atoms with Gasteiger partial charge in [-0.25, -0.2) is 4.98 Å². The molecular weight excluding hydrogens is 258 g/mol. The van der Waals surface area contributed by atoms with Gasteiger partial charge in [-0.3, -0.25) is 4.79 Å².